The fraction of sp³-hybridized carbons (Fsp3) is 0. The summed E-state index contributed by atoms with van der Waals surface area (Å²) < 4.78 is 89.4. The van der Waals surface area contributed by atoms with Crippen LogP contribution < -0.4 is 0 Å². The molecule has 0 aliphatic carbocycles. The molecule has 8 aromatic carbocycles. The van der Waals surface area contributed by atoms with E-state index in [1.165, 1.54) is 0 Å². The van der Waals surface area contributed by atoms with Gasteiger partial charge in [0.25, 0.3) is 0 Å². The maximum atomic E-state index is 9.10. The van der Waals surface area contributed by atoms with E-state index in [2.05, 4.69) is 4.57 Å². The molecule has 0 aliphatic rings. The molecule has 0 spiro atoms. The molecule has 0 saturated heterocycles. The van der Waals surface area contributed by atoms with Crippen LogP contribution in [-0.2, 0) is 0 Å². The van der Waals surface area contributed by atoms with Crippen LogP contribution in [0, 0.1) is 0 Å². The van der Waals surface area contributed by atoms with Crippen LogP contribution in [-0.4, -0.2) is 9.55 Å². The molecule has 0 bridgehead atoms. The molecule has 0 saturated carbocycles. The summed E-state index contributed by atoms with van der Waals surface area (Å²) in [4.78, 5) is 5.05. The minimum atomic E-state index is -0.519. The zero-order valence-electron chi connectivity index (χ0n) is 34.9. The number of rotatable bonds is 5. The van der Waals surface area contributed by atoms with Crippen molar-refractivity contribution in [1.29, 1.82) is 0 Å². The molecule has 9 rings (SSSR count). The van der Waals surface area contributed by atoms with Crippen molar-refractivity contribution in [1.82, 2.24) is 9.55 Å². The Labute approximate surface area is 287 Å². The quantitative estimate of drug-likeness (QED) is 0.178. The summed E-state index contributed by atoms with van der Waals surface area (Å²) in [6.45, 7) is 0. The first-order valence-corrected chi connectivity index (χ1v) is 15.2. The molecule has 0 fully saturated rings. The maximum absolute atomic E-state index is 9.10. The number of nitrogens with zero attached hydrogens (tertiary/aromatic N) is 2. The summed E-state index contributed by atoms with van der Waals surface area (Å²) in [5, 5.41) is 1.94. The zero-order valence-corrected chi connectivity index (χ0v) is 24.9. The van der Waals surface area contributed by atoms with Gasteiger partial charge in [-0.2, -0.15) is 0 Å². The van der Waals surface area contributed by atoms with Crippen LogP contribution in [0.2, 0.25) is 0 Å². The van der Waals surface area contributed by atoms with E-state index < -0.39 is 36.3 Å². The van der Waals surface area contributed by atoms with E-state index in [9.17, 15) is 0 Å². The molecular weight excluding hydrogens is 569 g/mol. The van der Waals surface area contributed by atoms with E-state index in [1.54, 1.807) is 24.3 Å². The van der Waals surface area contributed by atoms with Crippen LogP contribution >= 0.6 is 0 Å². The van der Waals surface area contributed by atoms with Crippen molar-refractivity contribution < 1.29 is 13.7 Å². The summed E-state index contributed by atoms with van der Waals surface area (Å²) in [7, 11) is 0. The molecule has 0 radical (unpaired) electrons. The van der Waals surface area contributed by atoms with Gasteiger partial charge in [0.15, 0.2) is 0 Å². The van der Waals surface area contributed by atoms with Gasteiger partial charge >= 0.3 is 0 Å². The largest absolute Gasteiger partial charge is 0.292 e. The standard InChI is InChI=1S/C45H30N2/c1-4-16-31(17-5-1)43-36-23-10-11-24-37(36)44(32-18-6-2-7-19-32)39-30-34(28-29-38(39)43)35-22-12-14-26-41(35)47-42-27-15-13-25-40(42)46-45(47)33-20-8-3-9-21-33/h1-30H/i1D,2D,4D,5D,6D,7D,16D,17D,18D,19D. The molecule has 0 amide bonds. The average molecular weight is 609 g/mol. The minimum Gasteiger partial charge on any atom is -0.292 e. The highest BCUT2D eigenvalue weighted by atomic mass is 15.1. The van der Waals surface area contributed by atoms with Crippen molar-refractivity contribution in [2.24, 2.45) is 0 Å². The normalized spacial score (nSPS) is 14.4. The Morgan fingerprint density at radius 2 is 1.02 bits per heavy atom. The Hall–Kier alpha value is -6.25. The Morgan fingerprint density at radius 1 is 0.447 bits per heavy atom. The lowest BCUT2D eigenvalue weighted by Gasteiger charge is -2.20. The van der Waals surface area contributed by atoms with E-state index in [0.717, 1.165) is 39.2 Å². The molecule has 1 heterocycles. The number of para-hydroxylation sites is 3. The summed E-state index contributed by atoms with van der Waals surface area (Å²) in [5.74, 6) is 0.735. The number of aromatic nitrogens is 2. The smallest absolute Gasteiger partial charge is 0.145 e. The third-order valence-electron chi connectivity index (χ3n) is 8.57. The highest BCUT2D eigenvalue weighted by molar-refractivity contribution is 6.22. The number of hydrogen-bond acceptors (Lipinski definition) is 1. The van der Waals surface area contributed by atoms with Gasteiger partial charge in [0.05, 0.1) is 30.4 Å². The second kappa shape index (κ2) is 11.3. The fourth-order valence-corrected chi connectivity index (χ4v) is 6.60. The number of hydrogen-bond donors (Lipinski definition) is 0. The summed E-state index contributed by atoms with van der Waals surface area (Å²) in [5.41, 5.74) is 5.71. The van der Waals surface area contributed by atoms with Crippen LogP contribution in [0.15, 0.2) is 182 Å². The predicted molar refractivity (Wildman–Crippen MR) is 198 cm³/mol. The average Bonchev–Trinajstić information content (AvgIpc) is 3.64. The molecule has 0 aliphatic heterocycles. The van der Waals surface area contributed by atoms with E-state index in [0.29, 0.717) is 32.7 Å². The lowest BCUT2D eigenvalue weighted by Crippen LogP contribution is -2.00. The highest BCUT2D eigenvalue weighted by Gasteiger charge is 2.20. The number of imidazole rings is 1. The van der Waals surface area contributed by atoms with Crippen LogP contribution in [0.5, 0.6) is 0 Å². The molecule has 2 heteroatoms. The topological polar surface area (TPSA) is 17.8 Å². The molecule has 0 atom stereocenters. The fourth-order valence-electron chi connectivity index (χ4n) is 6.60. The Bertz CT molecular complexity index is 3080. The van der Waals surface area contributed by atoms with Crippen LogP contribution in [0.3, 0.4) is 0 Å². The van der Waals surface area contributed by atoms with Gasteiger partial charge in [-0.25, -0.2) is 4.98 Å². The first-order valence-electron chi connectivity index (χ1n) is 20.2. The third-order valence-corrected chi connectivity index (χ3v) is 8.57. The second-order valence-electron chi connectivity index (χ2n) is 11.2. The van der Waals surface area contributed by atoms with Gasteiger partial charge in [0.1, 0.15) is 5.82 Å². The highest BCUT2D eigenvalue weighted by Crippen LogP contribution is 2.45. The molecule has 220 valence electrons. The van der Waals surface area contributed by atoms with Gasteiger partial charge in [-0.1, -0.05) is 157 Å². The van der Waals surface area contributed by atoms with Crippen molar-refractivity contribution in [3.63, 3.8) is 0 Å². The lowest BCUT2D eigenvalue weighted by molar-refractivity contribution is 1.10. The number of fused-ring (bicyclic) bond motifs is 3. The zero-order chi connectivity index (χ0) is 39.9. The summed E-state index contributed by atoms with van der Waals surface area (Å²) in [6, 6.07) is 33.9. The van der Waals surface area contributed by atoms with Gasteiger partial charge in [-0.3, -0.25) is 4.57 Å². The van der Waals surface area contributed by atoms with Gasteiger partial charge in [0.2, 0.25) is 0 Å². The van der Waals surface area contributed by atoms with E-state index >= 15 is 0 Å². The van der Waals surface area contributed by atoms with Crippen molar-refractivity contribution in [2.75, 3.05) is 0 Å². The van der Waals surface area contributed by atoms with E-state index in [4.69, 9.17) is 18.7 Å². The molecule has 47 heavy (non-hydrogen) atoms. The van der Waals surface area contributed by atoms with E-state index in [1.807, 2.05) is 97.1 Å². The molecule has 0 N–H and O–H groups in total. The van der Waals surface area contributed by atoms with Crippen molar-refractivity contribution in [3.05, 3.63) is 182 Å². The first kappa shape index (κ1) is 18.7. The molecule has 9 aromatic rings. The van der Waals surface area contributed by atoms with Gasteiger partial charge < -0.3 is 0 Å². The Morgan fingerprint density at radius 3 is 1.74 bits per heavy atom. The molecular formula is C45H30N2. The lowest BCUT2D eigenvalue weighted by atomic mass is 9.85. The summed E-state index contributed by atoms with van der Waals surface area (Å²) in [6.07, 6.45) is 0. The number of benzene rings is 8. The summed E-state index contributed by atoms with van der Waals surface area (Å²) >= 11 is 0. The van der Waals surface area contributed by atoms with Gasteiger partial charge in [-0.05, 0) is 73.6 Å². The van der Waals surface area contributed by atoms with Crippen molar-refractivity contribution >= 4 is 32.6 Å². The van der Waals surface area contributed by atoms with E-state index in [-0.39, 0.29) is 35.3 Å². The monoisotopic (exact) mass is 608 g/mol. The van der Waals surface area contributed by atoms with Crippen molar-refractivity contribution in [3.8, 4) is 50.5 Å². The van der Waals surface area contributed by atoms with Gasteiger partial charge in [-0.15, -0.1) is 0 Å². The van der Waals surface area contributed by atoms with Gasteiger partial charge in [0, 0.05) is 11.1 Å². The first-order chi connectivity index (χ1) is 27.5. The maximum Gasteiger partial charge on any atom is 0.145 e. The van der Waals surface area contributed by atoms with Crippen LogP contribution in [0.1, 0.15) is 13.7 Å². The second-order valence-corrected chi connectivity index (χ2v) is 11.2. The minimum absolute atomic E-state index is 0.000324. The SMILES string of the molecule is [2H]c1c([2H])c([2H])c(-c2c3ccccc3c(-c3c([2H])c([2H])c([2H])c([2H])c3[2H])c3cc(-c4ccccc4-n4c(-c5ccccc5)nc5ccccc54)ccc23)c([2H])c1[2H]. The van der Waals surface area contributed by atoms with Crippen LogP contribution in [0.25, 0.3) is 83.0 Å². The Balaban J connectivity index is 1.44. The molecule has 1 aromatic heterocycles. The molecule has 2 nitrogen and oxygen atoms in total. The third kappa shape index (κ3) is 4.54. The Kier molecular flexibility index (Phi) is 4.48. The predicted octanol–water partition coefficient (Wildman–Crippen LogP) is 12.0. The molecule has 0 unspecified atom stereocenters. The van der Waals surface area contributed by atoms with Crippen molar-refractivity contribution in [2.45, 2.75) is 0 Å². The van der Waals surface area contributed by atoms with Crippen LogP contribution in [0.4, 0.5) is 0 Å².